The van der Waals surface area contributed by atoms with Crippen LogP contribution in [0.1, 0.15) is 17.4 Å². The Morgan fingerprint density at radius 3 is 2.34 bits per heavy atom. The van der Waals surface area contributed by atoms with Gasteiger partial charge in [-0.3, -0.25) is 9.78 Å². The molecule has 0 saturated heterocycles. The number of rotatable bonds is 12. The van der Waals surface area contributed by atoms with Crippen molar-refractivity contribution in [2.45, 2.75) is 25.1 Å². The number of alkyl halides is 3. The minimum Gasteiger partial charge on any atom is -0.386 e. The smallest absolute Gasteiger partial charge is 0.315 e. The molecule has 0 aliphatic heterocycles. The van der Waals surface area contributed by atoms with Gasteiger partial charge in [0.15, 0.2) is 0 Å². The van der Waals surface area contributed by atoms with Crippen molar-refractivity contribution in [2.75, 3.05) is 26.1 Å². The summed E-state index contributed by atoms with van der Waals surface area (Å²) in [5.41, 5.74) is 2.14. The number of carbonyl (C=O) groups excluding carboxylic acids is 1. The lowest BCUT2D eigenvalue weighted by Gasteiger charge is -2.22. The second-order valence-electron chi connectivity index (χ2n) is 6.81. The number of pyridine rings is 1. The molecule has 0 aliphatic carbocycles. The van der Waals surface area contributed by atoms with Gasteiger partial charge in [0.05, 0.1) is 30.6 Å². The molecule has 1 heterocycles. The highest BCUT2D eigenvalue weighted by atomic mass is 32.2. The molecule has 2 rings (SSSR count). The number of hydrogen-bond donors (Lipinski definition) is 3. The molecule has 1 aromatic heterocycles. The van der Waals surface area contributed by atoms with Crippen molar-refractivity contribution in [1.29, 1.82) is 0 Å². The highest BCUT2D eigenvalue weighted by Crippen LogP contribution is 2.23. The van der Waals surface area contributed by atoms with Gasteiger partial charge in [0.25, 0.3) is 5.91 Å². The van der Waals surface area contributed by atoms with Crippen molar-refractivity contribution in [3.8, 4) is 11.1 Å². The monoisotopic (exact) mass is 475 g/mol. The largest absolute Gasteiger partial charge is 0.386 e. The number of ether oxygens (including phenoxy) is 1. The third-order valence-electron chi connectivity index (χ3n) is 4.51. The van der Waals surface area contributed by atoms with Crippen LogP contribution in [0.15, 0.2) is 42.6 Å². The van der Waals surface area contributed by atoms with Gasteiger partial charge >= 0.3 is 6.43 Å². The molecule has 0 bridgehead atoms. The molecule has 3 N–H and O–H groups in total. The van der Waals surface area contributed by atoms with E-state index in [1.807, 2.05) is 0 Å². The lowest BCUT2D eigenvalue weighted by molar-refractivity contribution is -0.133. The number of carbonyl (C=O) groups is 1. The maximum Gasteiger partial charge on any atom is 0.315 e. The van der Waals surface area contributed by atoms with Crippen LogP contribution in [0.4, 0.5) is 13.2 Å². The highest BCUT2D eigenvalue weighted by molar-refractivity contribution is 7.89. The minimum atomic E-state index is -3.47. The van der Waals surface area contributed by atoms with E-state index in [9.17, 15) is 31.5 Å². The average Bonchev–Trinajstić information content (AvgIpc) is 2.79. The molecule has 2 aromatic rings. The fraction of sp³-hybridized carbons (Fsp3) is 0.400. The van der Waals surface area contributed by atoms with Crippen LogP contribution in [0, 0.1) is 0 Å². The van der Waals surface area contributed by atoms with E-state index in [1.54, 1.807) is 29.6 Å². The first-order chi connectivity index (χ1) is 15.2. The number of amides is 1. The van der Waals surface area contributed by atoms with E-state index in [0.29, 0.717) is 16.8 Å². The fourth-order valence-electron chi connectivity index (χ4n) is 2.70. The lowest BCUT2D eigenvalue weighted by atomic mass is 9.99. The Hall–Kier alpha value is -2.54. The number of halogens is 3. The van der Waals surface area contributed by atoms with Crippen LogP contribution in [0.5, 0.6) is 0 Å². The number of nitrogens with zero attached hydrogens (tertiary/aromatic N) is 1. The molecule has 32 heavy (non-hydrogen) atoms. The predicted octanol–water partition coefficient (Wildman–Crippen LogP) is 1.57. The Morgan fingerprint density at radius 2 is 1.81 bits per heavy atom. The molecule has 2 unspecified atom stereocenters. The zero-order valence-electron chi connectivity index (χ0n) is 17.2. The lowest BCUT2D eigenvalue weighted by Crippen LogP contribution is -2.43. The first-order valence-corrected chi connectivity index (χ1v) is 11.2. The van der Waals surface area contributed by atoms with E-state index in [-0.39, 0.29) is 24.5 Å². The normalized spacial score (nSPS) is 13.7. The molecule has 0 aliphatic rings. The fourth-order valence-corrected chi connectivity index (χ4v) is 3.60. The molecule has 1 aromatic carbocycles. The summed E-state index contributed by atoms with van der Waals surface area (Å²) in [7, 11) is -2.06. The Balaban J connectivity index is 2.02. The summed E-state index contributed by atoms with van der Waals surface area (Å²) in [6.45, 7) is -1.12. The number of sulfonamides is 1. The number of aliphatic hydroxyl groups excluding tert-OH is 1. The maximum absolute atomic E-state index is 13.1. The van der Waals surface area contributed by atoms with Crippen molar-refractivity contribution in [3.63, 3.8) is 0 Å². The van der Waals surface area contributed by atoms with Crippen LogP contribution in [-0.4, -0.2) is 63.0 Å². The number of benzene rings is 1. The van der Waals surface area contributed by atoms with Crippen LogP contribution in [0.3, 0.4) is 0 Å². The van der Waals surface area contributed by atoms with Crippen LogP contribution in [0.25, 0.3) is 11.1 Å². The Kier molecular flexibility index (Phi) is 9.57. The van der Waals surface area contributed by atoms with Crippen LogP contribution >= 0.6 is 0 Å². The Morgan fingerprint density at radius 1 is 1.16 bits per heavy atom. The number of aromatic nitrogens is 1. The van der Waals surface area contributed by atoms with Gasteiger partial charge in [-0.1, -0.05) is 30.3 Å². The zero-order chi connectivity index (χ0) is 23.7. The molecule has 0 fully saturated rings. The van der Waals surface area contributed by atoms with Crippen molar-refractivity contribution in [1.82, 2.24) is 15.0 Å². The van der Waals surface area contributed by atoms with E-state index in [2.05, 4.69) is 9.71 Å². The van der Waals surface area contributed by atoms with Gasteiger partial charge in [0.1, 0.15) is 12.8 Å². The SMILES string of the molecule is COCCS(=O)(=O)NCc1ccc(-c2ccc(C(O)C(CF)NC(=O)C(F)F)cc2)cn1. The topological polar surface area (TPSA) is 118 Å². The predicted molar refractivity (Wildman–Crippen MR) is 111 cm³/mol. The zero-order valence-corrected chi connectivity index (χ0v) is 18.0. The summed E-state index contributed by atoms with van der Waals surface area (Å²) < 4.78 is 68.6. The highest BCUT2D eigenvalue weighted by Gasteiger charge is 2.26. The van der Waals surface area contributed by atoms with Crippen molar-refractivity contribution < 1.29 is 36.2 Å². The van der Waals surface area contributed by atoms with E-state index in [1.165, 1.54) is 25.4 Å². The molecular formula is C20H24F3N3O5S. The standard InChI is InChI=1S/C20H24F3N3O5S/c1-31-8-9-32(29,30)25-12-16-7-6-15(11-24-16)13-2-4-14(5-3-13)18(27)17(10-21)26-20(28)19(22)23/h2-7,11,17-19,25,27H,8-10,12H2,1H3,(H,26,28). The van der Waals surface area contributed by atoms with Crippen molar-refractivity contribution in [3.05, 3.63) is 53.9 Å². The number of aliphatic hydroxyl groups is 1. The van der Waals surface area contributed by atoms with E-state index >= 15 is 0 Å². The first-order valence-electron chi connectivity index (χ1n) is 9.51. The molecule has 0 spiro atoms. The third kappa shape index (κ3) is 7.55. The van der Waals surface area contributed by atoms with Gasteiger partial charge in [0, 0.05) is 18.9 Å². The van der Waals surface area contributed by atoms with Gasteiger partial charge in [-0.25, -0.2) is 17.5 Å². The van der Waals surface area contributed by atoms with E-state index < -0.39 is 41.2 Å². The molecular weight excluding hydrogens is 451 g/mol. The second kappa shape index (κ2) is 11.9. The van der Waals surface area contributed by atoms with Crippen LogP contribution in [-0.2, 0) is 26.1 Å². The molecule has 176 valence electrons. The molecule has 1 amide bonds. The molecule has 12 heteroatoms. The third-order valence-corrected chi connectivity index (χ3v) is 5.80. The first kappa shape index (κ1) is 25.7. The van der Waals surface area contributed by atoms with Crippen molar-refractivity contribution >= 4 is 15.9 Å². The summed E-state index contributed by atoms with van der Waals surface area (Å²) in [5.74, 6) is -1.81. The Labute approximate surface area is 183 Å². The maximum atomic E-state index is 13.1. The summed E-state index contributed by atoms with van der Waals surface area (Å²) in [6.07, 6.45) is -3.28. The number of nitrogens with one attached hydrogen (secondary N) is 2. The quantitative estimate of drug-likeness (QED) is 0.429. The Bertz CT molecular complexity index is 973. The summed E-state index contributed by atoms with van der Waals surface area (Å²) >= 11 is 0. The summed E-state index contributed by atoms with van der Waals surface area (Å²) in [5, 5.41) is 12.0. The summed E-state index contributed by atoms with van der Waals surface area (Å²) in [4.78, 5) is 15.3. The van der Waals surface area contributed by atoms with Gasteiger partial charge < -0.3 is 15.2 Å². The number of hydrogen-bond acceptors (Lipinski definition) is 6. The van der Waals surface area contributed by atoms with Gasteiger partial charge in [0.2, 0.25) is 10.0 Å². The van der Waals surface area contributed by atoms with Gasteiger partial charge in [-0.15, -0.1) is 0 Å². The second-order valence-corrected chi connectivity index (χ2v) is 8.73. The number of methoxy groups -OCH3 is 1. The van der Waals surface area contributed by atoms with Crippen LogP contribution in [0.2, 0.25) is 0 Å². The molecule has 8 nitrogen and oxygen atoms in total. The van der Waals surface area contributed by atoms with E-state index in [4.69, 9.17) is 4.74 Å². The molecule has 0 radical (unpaired) electrons. The average molecular weight is 475 g/mol. The van der Waals surface area contributed by atoms with Crippen LogP contribution < -0.4 is 10.0 Å². The van der Waals surface area contributed by atoms with Gasteiger partial charge in [-0.2, -0.15) is 8.78 Å². The summed E-state index contributed by atoms with van der Waals surface area (Å²) in [6, 6.07) is 8.07. The van der Waals surface area contributed by atoms with E-state index in [0.717, 1.165) is 0 Å². The van der Waals surface area contributed by atoms with Crippen molar-refractivity contribution in [2.24, 2.45) is 0 Å². The van der Waals surface area contributed by atoms with Gasteiger partial charge in [-0.05, 0) is 17.2 Å². The molecule has 2 atom stereocenters. The minimum absolute atomic E-state index is 0.0203. The molecule has 0 saturated carbocycles.